The molecule has 18 heavy (non-hydrogen) atoms. The monoisotopic (exact) mass is 313 g/mol. The molecule has 0 spiro atoms. The number of methoxy groups -OCH3 is 1. The highest BCUT2D eigenvalue weighted by molar-refractivity contribution is 9.10. The van der Waals surface area contributed by atoms with E-state index in [1.807, 2.05) is 18.2 Å². The Labute approximate surface area is 117 Å². The van der Waals surface area contributed by atoms with E-state index >= 15 is 0 Å². The van der Waals surface area contributed by atoms with Gasteiger partial charge < -0.3 is 14.8 Å². The maximum absolute atomic E-state index is 5.91. The molecule has 1 saturated carbocycles. The summed E-state index contributed by atoms with van der Waals surface area (Å²) in [5, 5.41) is 3.48. The summed E-state index contributed by atoms with van der Waals surface area (Å²) in [4.78, 5) is 0. The SMILES string of the molecule is COCC(CNC1CC1)OCc1ccccc1Br. The van der Waals surface area contributed by atoms with Crippen molar-refractivity contribution in [1.82, 2.24) is 5.32 Å². The lowest BCUT2D eigenvalue weighted by atomic mass is 10.2. The summed E-state index contributed by atoms with van der Waals surface area (Å²) in [6.45, 7) is 2.11. The van der Waals surface area contributed by atoms with E-state index in [1.165, 1.54) is 18.4 Å². The van der Waals surface area contributed by atoms with Gasteiger partial charge in [0.05, 0.1) is 19.3 Å². The Kier molecular flexibility index (Phi) is 5.63. The molecular weight excluding hydrogens is 294 g/mol. The Bertz CT molecular complexity index is 369. The second-order valence-corrected chi connectivity index (χ2v) is 5.52. The molecule has 0 aliphatic heterocycles. The molecule has 3 nitrogen and oxygen atoms in total. The first-order valence-corrected chi connectivity index (χ1v) is 7.16. The lowest BCUT2D eigenvalue weighted by Gasteiger charge is -2.18. The van der Waals surface area contributed by atoms with Gasteiger partial charge in [0, 0.05) is 24.2 Å². The minimum absolute atomic E-state index is 0.114. The molecule has 0 amide bonds. The highest BCUT2D eigenvalue weighted by Gasteiger charge is 2.22. The molecule has 1 N–H and O–H groups in total. The summed E-state index contributed by atoms with van der Waals surface area (Å²) in [5.74, 6) is 0. The smallest absolute Gasteiger partial charge is 0.0936 e. The highest BCUT2D eigenvalue weighted by Crippen LogP contribution is 2.19. The van der Waals surface area contributed by atoms with Gasteiger partial charge in [-0.15, -0.1) is 0 Å². The van der Waals surface area contributed by atoms with Crippen LogP contribution < -0.4 is 5.32 Å². The van der Waals surface area contributed by atoms with E-state index < -0.39 is 0 Å². The first kappa shape index (κ1) is 14.0. The lowest BCUT2D eigenvalue weighted by molar-refractivity contribution is -0.0105. The molecule has 1 aliphatic rings. The van der Waals surface area contributed by atoms with E-state index in [4.69, 9.17) is 9.47 Å². The maximum atomic E-state index is 5.91. The van der Waals surface area contributed by atoms with Crippen LogP contribution in [0.5, 0.6) is 0 Å². The van der Waals surface area contributed by atoms with Crippen molar-refractivity contribution in [2.45, 2.75) is 31.6 Å². The average Bonchev–Trinajstić information content (AvgIpc) is 3.18. The van der Waals surface area contributed by atoms with Gasteiger partial charge in [-0.25, -0.2) is 0 Å². The van der Waals surface area contributed by atoms with Gasteiger partial charge >= 0.3 is 0 Å². The fraction of sp³-hybridized carbons (Fsp3) is 0.571. The van der Waals surface area contributed by atoms with Crippen LogP contribution in [0.25, 0.3) is 0 Å². The summed E-state index contributed by atoms with van der Waals surface area (Å²) in [7, 11) is 1.71. The molecule has 1 aliphatic carbocycles. The number of ether oxygens (including phenoxy) is 2. The van der Waals surface area contributed by atoms with E-state index in [0.29, 0.717) is 19.3 Å². The summed E-state index contributed by atoms with van der Waals surface area (Å²) in [5.41, 5.74) is 1.17. The molecule has 100 valence electrons. The van der Waals surface area contributed by atoms with Gasteiger partial charge in [0.15, 0.2) is 0 Å². The van der Waals surface area contributed by atoms with Crippen LogP contribution in [-0.4, -0.2) is 32.4 Å². The molecule has 0 radical (unpaired) electrons. The Hall–Kier alpha value is -0.420. The van der Waals surface area contributed by atoms with Crippen LogP contribution in [0.1, 0.15) is 18.4 Å². The molecule has 1 unspecified atom stereocenters. The third kappa shape index (κ3) is 4.69. The fourth-order valence-corrected chi connectivity index (χ4v) is 2.16. The zero-order valence-electron chi connectivity index (χ0n) is 10.7. The second-order valence-electron chi connectivity index (χ2n) is 4.66. The van der Waals surface area contributed by atoms with Crippen LogP contribution in [0.3, 0.4) is 0 Å². The van der Waals surface area contributed by atoms with Crippen molar-refractivity contribution in [3.8, 4) is 0 Å². The first-order valence-electron chi connectivity index (χ1n) is 6.37. The van der Waals surface area contributed by atoms with Gasteiger partial charge in [-0.1, -0.05) is 34.1 Å². The molecule has 0 saturated heterocycles. The van der Waals surface area contributed by atoms with Crippen molar-refractivity contribution in [2.75, 3.05) is 20.3 Å². The molecule has 1 atom stereocenters. The van der Waals surface area contributed by atoms with E-state index in [1.54, 1.807) is 7.11 Å². The molecule has 0 heterocycles. The highest BCUT2D eigenvalue weighted by atomic mass is 79.9. The number of halogens is 1. The van der Waals surface area contributed by atoms with Crippen LogP contribution in [0.15, 0.2) is 28.7 Å². The van der Waals surface area contributed by atoms with E-state index in [-0.39, 0.29) is 6.10 Å². The quantitative estimate of drug-likeness (QED) is 0.800. The van der Waals surface area contributed by atoms with Gasteiger partial charge in [-0.2, -0.15) is 0 Å². The second kappa shape index (κ2) is 7.24. The topological polar surface area (TPSA) is 30.5 Å². The van der Waals surface area contributed by atoms with Gasteiger partial charge in [0.1, 0.15) is 0 Å². The molecule has 4 heteroatoms. The zero-order chi connectivity index (χ0) is 12.8. The predicted molar refractivity (Wildman–Crippen MR) is 75.6 cm³/mol. The number of hydrogen-bond acceptors (Lipinski definition) is 3. The van der Waals surface area contributed by atoms with Gasteiger partial charge in [0.25, 0.3) is 0 Å². The van der Waals surface area contributed by atoms with Crippen LogP contribution in [0.2, 0.25) is 0 Å². The molecule has 1 aromatic carbocycles. The molecule has 0 aromatic heterocycles. The summed E-state index contributed by atoms with van der Waals surface area (Å²) in [6.07, 6.45) is 2.70. The van der Waals surface area contributed by atoms with Gasteiger partial charge in [-0.05, 0) is 24.5 Å². The number of benzene rings is 1. The minimum Gasteiger partial charge on any atom is -0.382 e. The normalized spacial score (nSPS) is 16.8. The third-order valence-corrected chi connectivity index (χ3v) is 3.77. The zero-order valence-corrected chi connectivity index (χ0v) is 12.3. The third-order valence-electron chi connectivity index (χ3n) is 3.00. The molecule has 0 bridgehead atoms. The molecule has 1 aromatic rings. The standard InChI is InChI=1S/C14H20BrNO2/c1-17-10-13(8-16-12-6-7-12)18-9-11-4-2-3-5-14(11)15/h2-5,12-13,16H,6-10H2,1H3. The van der Waals surface area contributed by atoms with Gasteiger partial charge in [-0.3, -0.25) is 0 Å². The summed E-state index contributed by atoms with van der Waals surface area (Å²) >= 11 is 3.53. The van der Waals surface area contributed by atoms with Crippen molar-refractivity contribution in [1.29, 1.82) is 0 Å². The lowest BCUT2D eigenvalue weighted by Crippen LogP contribution is -2.33. The number of nitrogens with one attached hydrogen (secondary N) is 1. The number of hydrogen-bond donors (Lipinski definition) is 1. The van der Waals surface area contributed by atoms with Crippen molar-refractivity contribution >= 4 is 15.9 Å². The van der Waals surface area contributed by atoms with Crippen LogP contribution in [0.4, 0.5) is 0 Å². The van der Waals surface area contributed by atoms with Crippen molar-refractivity contribution in [2.24, 2.45) is 0 Å². The Morgan fingerprint density at radius 3 is 2.83 bits per heavy atom. The van der Waals surface area contributed by atoms with E-state index in [9.17, 15) is 0 Å². The fourth-order valence-electron chi connectivity index (χ4n) is 1.76. The largest absolute Gasteiger partial charge is 0.382 e. The van der Waals surface area contributed by atoms with Crippen LogP contribution >= 0.6 is 15.9 Å². The van der Waals surface area contributed by atoms with Crippen molar-refractivity contribution in [3.63, 3.8) is 0 Å². The van der Waals surface area contributed by atoms with Gasteiger partial charge in [0.2, 0.25) is 0 Å². The predicted octanol–water partition coefficient (Wildman–Crippen LogP) is 2.73. The number of rotatable bonds is 8. The maximum Gasteiger partial charge on any atom is 0.0936 e. The van der Waals surface area contributed by atoms with Crippen molar-refractivity contribution in [3.05, 3.63) is 34.3 Å². The van der Waals surface area contributed by atoms with Crippen LogP contribution in [0, 0.1) is 0 Å². The summed E-state index contributed by atoms with van der Waals surface area (Å²) < 4.78 is 12.2. The average molecular weight is 314 g/mol. The van der Waals surface area contributed by atoms with E-state index in [0.717, 1.165) is 11.0 Å². The molecule has 1 fully saturated rings. The Morgan fingerprint density at radius 2 is 2.17 bits per heavy atom. The van der Waals surface area contributed by atoms with Crippen LogP contribution in [-0.2, 0) is 16.1 Å². The Balaban J connectivity index is 1.78. The summed E-state index contributed by atoms with van der Waals surface area (Å²) in [6, 6.07) is 8.84. The minimum atomic E-state index is 0.114. The first-order chi connectivity index (χ1) is 8.79. The Morgan fingerprint density at radius 1 is 1.39 bits per heavy atom. The molecular formula is C14H20BrNO2. The van der Waals surface area contributed by atoms with Crippen molar-refractivity contribution < 1.29 is 9.47 Å². The molecule has 2 rings (SSSR count). The van der Waals surface area contributed by atoms with E-state index in [2.05, 4.69) is 27.3 Å².